The maximum Gasteiger partial charge on any atom is 0.123 e. The fraction of sp³-hybridized carbons (Fsp3) is 0.263. The van der Waals surface area contributed by atoms with Crippen LogP contribution in [0.15, 0.2) is 42.5 Å². The van der Waals surface area contributed by atoms with Crippen LogP contribution in [0, 0.1) is 5.82 Å². The molecule has 4 rings (SSSR count). The van der Waals surface area contributed by atoms with Crippen LogP contribution in [-0.2, 0) is 19.4 Å². The Morgan fingerprint density at radius 1 is 1.00 bits per heavy atom. The average Bonchev–Trinajstić information content (AvgIpc) is 2.83. The number of aryl methyl sites for hydroxylation is 1. The Morgan fingerprint density at radius 3 is 2.59 bits per heavy atom. The van der Waals surface area contributed by atoms with Crippen LogP contribution in [0.25, 0.3) is 10.9 Å². The normalized spacial score (nSPS) is 14.3. The zero-order chi connectivity index (χ0) is 15.1. The molecule has 0 aliphatic heterocycles. The Bertz CT molecular complexity index is 833. The van der Waals surface area contributed by atoms with Crippen molar-refractivity contribution < 1.29 is 4.39 Å². The predicted molar refractivity (Wildman–Crippen MR) is 89.1 cm³/mol. The first kappa shape index (κ1) is 13.8. The summed E-state index contributed by atoms with van der Waals surface area (Å²) in [6, 6.07) is 13.1. The molecule has 1 aliphatic carbocycles. The molecule has 3 heteroatoms. The van der Waals surface area contributed by atoms with Crippen molar-refractivity contribution in [1.29, 1.82) is 0 Å². The van der Waals surface area contributed by atoms with Gasteiger partial charge < -0.3 is 4.57 Å². The van der Waals surface area contributed by atoms with E-state index in [9.17, 15) is 4.39 Å². The molecule has 0 saturated carbocycles. The molecule has 0 spiro atoms. The number of benzene rings is 2. The topological polar surface area (TPSA) is 4.93 Å². The van der Waals surface area contributed by atoms with Gasteiger partial charge in [-0.3, -0.25) is 0 Å². The van der Waals surface area contributed by atoms with Crippen molar-refractivity contribution >= 4 is 22.5 Å². The van der Waals surface area contributed by atoms with E-state index in [0.717, 1.165) is 35.3 Å². The Balaban J connectivity index is 1.87. The van der Waals surface area contributed by atoms with Gasteiger partial charge >= 0.3 is 0 Å². The van der Waals surface area contributed by atoms with Crippen molar-refractivity contribution in [2.75, 3.05) is 0 Å². The number of hydrogen-bond donors (Lipinski definition) is 0. The van der Waals surface area contributed by atoms with Gasteiger partial charge in [0.2, 0.25) is 0 Å². The zero-order valence-electron chi connectivity index (χ0n) is 12.3. The van der Waals surface area contributed by atoms with Crippen molar-refractivity contribution in [3.8, 4) is 0 Å². The second kappa shape index (κ2) is 5.44. The van der Waals surface area contributed by atoms with Gasteiger partial charge in [-0.2, -0.15) is 0 Å². The molecule has 2 aromatic carbocycles. The second-order valence-electron chi connectivity index (χ2n) is 6.01. The lowest BCUT2D eigenvalue weighted by Crippen LogP contribution is -2.09. The highest BCUT2D eigenvalue weighted by atomic mass is 35.5. The van der Waals surface area contributed by atoms with Crippen LogP contribution < -0.4 is 0 Å². The minimum atomic E-state index is -0.149. The molecule has 0 unspecified atom stereocenters. The highest BCUT2D eigenvalue weighted by Gasteiger charge is 2.20. The van der Waals surface area contributed by atoms with Crippen molar-refractivity contribution in [1.82, 2.24) is 4.57 Å². The van der Waals surface area contributed by atoms with Gasteiger partial charge in [-0.15, -0.1) is 0 Å². The van der Waals surface area contributed by atoms with Gasteiger partial charge in [-0.05, 0) is 67.1 Å². The molecular formula is C19H17ClFN. The molecular weight excluding hydrogens is 297 g/mol. The van der Waals surface area contributed by atoms with Crippen molar-refractivity contribution in [2.45, 2.75) is 32.2 Å². The quantitative estimate of drug-likeness (QED) is 0.600. The van der Waals surface area contributed by atoms with Crippen LogP contribution in [0.4, 0.5) is 4.39 Å². The first-order valence-electron chi connectivity index (χ1n) is 7.76. The molecule has 1 heterocycles. The summed E-state index contributed by atoms with van der Waals surface area (Å²) in [6.45, 7) is 0.814. The molecule has 0 N–H and O–H groups in total. The molecule has 22 heavy (non-hydrogen) atoms. The number of rotatable bonds is 2. The van der Waals surface area contributed by atoms with Crippen LogP contribution in [0.5, 0.6) is 0 Å². The second-order valence-corrected chi connectivity index (χ2v) is 6.44. The van der Waals surface area contributed by atoms with E-state index in [4.69, 9.17) is 11.6 Å². The van der Waals surface area contributed by atoms with E-state index < -0.39 is 0 Å². The number of fused-ring (bicyclic) bond motifs is 3. The van der Waals surface area contributed by atoms with Crippen LogP contribution in [0.1, 0.15) is 29.7 Å². The summed E-state index contributed by atoms with van der Waals surface area (Å²) in [6.07, 6.45) is 4.55. The van der Waals surface area contributed by atoms with E-state index in [1.165, 1.54) is 29.7 Å². The zero-order valence-corrected chi connectivity index (χ0v) is 13.0. The minimum absolute atomic E-state index is 0.149. The first-order valence-corrected chi connectivity index (χ1v) is 8.14. The van der Waals surface area contributed by atoms with Gasteiger partial charge in [0.25, 0.3) is 0 Å². The number of halogens is 2. The highest BCUT2D eigenvalue weighted by Crippen LogP contribution is 2.33. The Labute approximate surface area is 134 Å². The lowest BCUT2D eigenvalue weighted by atomic mass is 9.95. The Hall–Kier alpha value is -1.80. The monoisotopic (exact) mass is 313 g/mol. The Morgan fingerprint density at radius 2 is 1.77 bits per heavy atom. The van der Waals surface area contributed by atoms with Crippen molar-refractivity contribution in [2.24, 2.45) is 0 Å². The van der Waals surface area contributed by atoms with Gasteiger partial charge in [0.1, 0.15) is 5.82 Å². The van der Waals surface area contributed by atoms with Gasteiger partial charge in [0.05, 0.1) is 0 Å². The third-order valence-corrected chi connectivity index (χ3v) is 4.84. The Kier molecular flexibility index (Phi) is 3.42. The summed E-state index contributed by atoms with van der Waals surface area (Å²) in [4.78, 5) is 0. The lowest BCUT2D eigenvalue weighted by Gasteiger charge is -2.16. The number of hydrogen-bond acceptors (Lipinski definition) is 0. The van der Waals surface area contributed by atoms with E-state index in [-0.39, 0.29) is 5.82 Å². The lowest BCUT2D eigenvalue weighted by molar-refractivity contribution is 0.629. The summed E-state index contributed by atoms with van der Waals surface area (Å²) in [5.41, 5.74) is 5.08. The van der Waals surface area contributed by atoms with Gasteiger partial charge in [0, 0.05) is 28.2 Å². The standard InChI is InChI=1S/C19H17ClFN/c20-14-7-5-13(6-8-14)12-22-18-4-2-1-3-16(18)17-11-15(21)9-10-19(17)22/h5-11H,1-4,12H2. The molecule has 0 atom stereocenters. The third-order valence-electron chi connectivity index (χ3n) is 4.59. The minimum Gasteiger partial charge on any atom is -0.340 e. The molecule has 0 bridgehead atoms. The fourth-order valence-electron chi connectivity index (χ4n) is 3.56. The molecule has 0 amide bonds. The van der Waals surface area contributed by atoms with E-state index in [1.807, 2.05) is 18.2 Å². The van der Waals surface area contributed by atoms with Gasteiger partial charge in [-0.25, -0.2) is 4.39 Å². The van der Waals surface area contributed by atoms with E-state index in [1.54, 1.807) is 12.1 Å². The van der Waals surface area contributed by atoms with Crippen LogP contribution in [0.3, 0.4) is 0 Å². The third kappa shape index (κ3) is 2.32. The highest BCUT2D eigenvalue weighted by molar-refractivity contribution is 6.30. The van der Waals surface area contributed by atoms with Gasteiger partial charge in [0.15, 0.2) is 0 Å². The van der Waals surface area contributed by atoms with Crippen LogP contribution in [0.2, 0.25) is 5.02 Å². The molecule has 0 radical (unpaired) electrons. The molecule has 1 nitrogen and oxygen atoms in total. The molecule has 0 saturated heterocycles. The maximum atomic E-state index is 13.7. The van der Waals surface area contributed by atoms with Crippen LogP contribution >= 0.6 is 11.6 Å². The first-order chi connectivity index (χ1) is 10.7. The summed E-state index contributed by atoms with van der Waals surface area (Å²) < 4.78 is 16.0. The summed E-state index contributed by atoms with van der Waals surface area (Å²) >= 11 is 5.97. The van der Waals surface area contributed by atoms with Crippen molar-refractivity contribution in [3.63, 3.8) is 0 Å². The smallest absolute Gasteiger partial charge is 0.123 e. The van der Waals surface area contributed by atoms with Gasteiger partial charge in [-0.1, -0.05) is 23.7 Å². The molecule has 0 fully saturated rings. The molecule has 1 aromatic heterocycles. The molecule has 1 aliphatic rings. The van der Waals surface area contributed by atoms with Crippen LogP contribution in [-0.4, -0.2) is 4.57 Å². The van der Waals surface area contributed by atoms with Crippen molar-refractivity contribution in [3.05, 3.63) is 70.1 Å². The average molecular weight is 314 g/mol. The van der Waals surface area contributed by atoms with E-state index in [0.29, 0.717) is 0 Å². The summed E-state index contributed by atoms with van der Waals surface area (Å²) in [5.74, 6) is -0.149. The molecule has 112 valence electrons. The number of aromatic nitrogens is 1. The molecule has 3 aromatic rings. The summed E-state index contributed by atoms with van der Waals surface area (Å²) in [5, 5.41) is 1.84. The van der Waals surface area contributed by atoms with E-state index >= 15 is 0 Å². The SMILES string of the molecule is Fc1ccc2c(c1)c1c(n2Cc2ccc(Cl)cc2)CCCC1. The number of nitrogens with zero attached hydrogens (tertiary/aromatic N) is 1. The fourth-order valence-corrected chi connectivity index (χ4v) is 3.69. The van der Waals surface area contributed by atoms with E-state index in [2.05, 4.69) is 16.7 Å². The summed E-state index contributed by atoms with van der Waals surface area (Å²) in [7, 11) is 0. The largest absolute Gasteiger partial charge is 0.340 e. The predicted octanol–water partition coefficient (Wildman–Crippen LogP) is 5.36. The maximum absolute atomic E-state index is 13.7.